The first-order valence-corrected chi connectivity index (χ1v) is 6.70. The number of rotatable bonds is 8. The van der Waals surface area contributed by atoms with E-state index in [1.54, 1.807) is 12.1 Å². The summed E-state index contributed by atoms with van der Waals surface area (Å²) in [6.45, 7) is 3.67. The molecule has 3 heteroatoms. The highest BCUT2D eigenvalue weighted by Gasteiger charge is 2.10. The van der Waals surface area contributed by atoms with Gasteiger partial charge in [0.05, 0.1) is 0 Å². The largest absolute Gasteiger partial charge is 0.381 e. The minimum atomic E-state index is -0.207. The zero-order valence-corrected chi connectivity index (χ0v) is 11.0. The minimum Gasteiger partial charge on any atom is -0.381 e. The van der Waals surface area contributed by atoms with Crippen molar-refractivity contribution in [2.45, 2.75) is 32.1 Å². The fourth-order valence-corrected chi connectivity index (χ4v) is 1.97. The summed E-state index contributed by atoms with van der Waals surface area (Å²) in [7, 11) is 0. The lowest BCUT2D eigenvalue weighted by Crippen LogP contribution is -2.06. The average molecular weight is 259 g/mol. The Morgan fingerprint density at radius 3 is 2.53 bits per heavy atom. The number of alkyl halides is 1. The second-order valence-electron chi connectivity index (χ2n) is 4.16. The Morgan fingerprint density at radius 1 is 1.24 bits per heavy atom. The van der Waals surface area contributed by atoms with Gasteiger partial charge in [0.1, 0.15) is 5.82 Å². The molecule has 0 spiro atoms. The zero-order chi connectivity index (χ0) is 12.5. The first-order chi connectivity index (χ1) is 8.27. The summed E-state index contributed by atoms with van der Waals surface area (Å²) in [5.74, 6) is 0.586. The van der Waals surface area contributed by atoms with Crippen molar-refractivity contribution in [3.05, 3.63) is 35.6 Å². The summed E-state index contributed by atoms with van der Waals surface area (Å²) in [4.78, 5) is 0. The lowest BCUT2D eigenvalue weighted by molar-refractivity contribution is 0.125. The fraction of sp³-hybridized carbons (Fsp3) is 0.571. The van der Waals surface area contributed by atoms with E-state index in [1.807, 2.05) is 0 Å². The highest BCUT2D eigenvalue weighted by atomic mass is 35.5. The van der Waals surface area contributed by atoms with Crippen molar-refractivity contribution < 1.29 is 9.13 Å². The first-order valence-electron chi connectivity index (χ1n) is 6.17. The predicted octanol–water partition coefficient (Wildman–Crippen LogP) is 4.35. The number of hydrogen-bond acceptors (Lipinski definition) is 1. The van der Waals surface area contributed by atoms with Crippen LogP contribution in [-0.2, 0) is 4.74 Å². The first kappa shape index (κ1) is 14.5. The van der Waals surface area contributed by atoms with Crippen LogP contribution in [0.2, 0.25) is 0 Å². The molecule has 0 bridgehead atoms. The van der Waals surface area contributed by atoms with Gasteiger partial charge < -0.3 is 4.74 Å². The lowest BCUT2D eigenvalue weighted by atomic mass is 9.98. The Morgan fingerprint density at radius 2 is 1.94 bits per heavy atom. The number of ether oxygens (including phenoxy) is 1. The quantitative estimate of drug-likeness (QED) is 0.497. The number of unbranched alkanes of at least 4 members (excludes halogenated alkanes) is 1. The summed E-state index contributed by atoms with van der Waals surface area (Å²) < 4.78 is 18.3. The van der Waals surface area contributed by atoms with Gasteiger partial charge in [0.2, 0.25) is 0 Å². The molecule has 1 unspecified atom stereocenters. The molecule has 0 aromatic heterocycles. The van der Waals surface area contributed by atoms with Crippen LogP contribution in [0.1, 0.15) is 37.7 Å². The molecule has 1 atom stereocenters. The van der Waals surface area contributed by atoms with E-state index in [9.17, 15) is 4.39 Å². The van der Waals surface area contributed by atoms with E-state index >= 15 is 0 Å². The van der Waals surface area contributed by atoms with E-state index in [0.717, 1.165) is 38.0 Å². The molecule has 96 valence electrons. The number of benzene rings is 1. The summed E-state index contributed by atoms with van der Waals surface area (Å²) >= 11 is 5.93. The van der Waals surface area contributed by atoms with Crippen LogP contribution in [-0.4, -0.2) is 19.1 Å². The molecule has 1 aromatic carbocycles. The molecule has 1 aromatic rings. The standard InChI is InChI=1S/C14H20ClFO/c1-2-3-9-17-10-8-13(11-15)12-4-6-14(16)7-5-12/h4-7,13H,2-3,8-11H2,1H3. The van der Waals surface area contributed by atoms with Crippen LogP contribution in [0, 0.1) is 5.82 Å². The maximum Gasteiger partial charge on any atom is 0.123 e. The Balaban J connectivity index is 2.35. The highest BCUT2D eigenvalue weighted by molar-refractivity contribution is 6.18. The van der Waals surface area contributed by atoms with E-state index in [2.05, 4.69) is 6.92 Å². The molecule has 17 heavy (non-hydrogen) atoms. The molecule has 0 aliphatic carbocycles. The summed E-state index contributed by atoms with van der Waals surface area (Å²) in [5.41, 5.74) is 1.08. The molecule has 0 saturated carbocycles. The number of halogens is 2. The van der Waals surface area contributed by atoms with Crippen LogP contribution < -0.4 is 0 Å². The van der Waals surface area contributed by atoms with E-state index in [0.29, 0.717) is 5.88 Å². The van der Waals surface area contributed by atoms with Crippen molar-refractivity contribution in [3.8, 4) is 0 Å². The Labute approximate surface area is 108 Å². The van der Waals surface area contributed by atoms with Gasteiger partial charge in [-0.05, 0) is 36.5 Å². The monoisotopic (exact) mass is 258 g/mol. The molecular weight excluding hydrogens is 239 g/mol. The molecule has 0 aliphatic rings. The van der Waals surface area contributed by atoms with Gasteiger partial charge in [0.15, 0.2) is 0 Å². The molecule has 0 saturated heterocycles. The van der Waals surface area contributed by atoms with Crippen LogP contribution in [0.5, 0.6) is 0 Å². The van der Waals surface area contributed by atoms with Gasteiger partial charge >= 0.3 is 0 Å². The third kappa shape index (κ3) is 5.51. The molecule has 0 N–H and O–H groups in total. The normalized spacial score (nSPS) is 12.6. The fourth-order valence-electron chi connectivity index (χ4n) is 1.64. The average Bonchev–Trinajstić information content (AvgIpc) is 2.35. The highest BCUT2D eigenvalue weighted by Crippen LogP contribution is 2.21. The SMILES string of the molecule is CCCCOCCC(CCl)c1ccc(F)cc1. The van der Waals surface area contributed by atoms with E-state index in [4.69, 9.17) is 16.3 Å². The third-order valence-electron chi connectivity index (χ3n) is 2.78. The van der Waals surface area contributed by atoms with Crippen molar-refractivity contribution in [2.24, 2.45) is 0 Å². The molecule has 0 radical (unpaired) electrons. The molecule has 0 heterocycles. The second-order valence-corrected chi connectivity index (χ2v) is 4.47. The molecule has 0 amide bonds. The summed E-state index contributed by atoms with van der Waals surface area (Å²) in [6, 6.07) is 6.56. The predicted molar refractivity (Wildman–Crippen MR) is 70.2 cm³/mol. The number of hydrogen-bond donors (Lipinski definition) is 0. The van der Waals surface area contributed by atoms with Crippen molar-refractivity contribution in [1.82, 2.24) is 0 Å². The van der Waals surface area contributed by atoms with Crippen LogP contribution >= 0.6 is 11.6 Å². The zero-order valence-electron chi connectivity index (χ0n) is 10.3. The van der Waals surface area contributed by atoms with Gasteiger partial charge in [-0.1, -0.05) is 25.5 Å². The van der Waals surface area contributed by atoms with E-state index < -0.39 is 0 Å². The van der Waals surface area contributed by atoms with Gasteiger partial charge in [-0.25, -0.2) is 4.39 Å². The maximum absolute atomic E-state index is 12.8. The van der Waals surface area contributed by atoms with Gasteiger partial charge in [-0.15, -0.1) is 11.6 Å². The van der Waals surface area contributed by atoms with Crippen LogP contribution in [0.3, 0.4) is 0 Å². The Kier molecular flexibility index (Phi) is 7.22. The summed E-state index contributed by atoms with van der Waals surface area (Å²) in [5, 5.41) is 0. The van der Waals surface area contributed by atoms with Gasteiger partial charge in [0.25, 0.3) is 0 Å². The van der Waals surface area contributed by atoms with Crippen molar-refractivity contribution in [3.63, 3.8) is 0 Å². The molecule has 1 nitrogen and oxygen atoms in total. The van der Waals surface area contributed by atoms with Gasteiger partial charge in [-0.2, -0.15) is 0 Å². The van der Waals surface area contributed by atoms with Crippen LogP contribution in [0.25, 0.3) is 0 Å². The van der Waals surface area contributed by atoms with E-state index in [1.165, 1.54) is 12.1 Å². The van der Waals surface area contributed by atoms with Gasteiger partial charge in [-0.3, -0.25) is 0 Å². The molecule has 0 fully saturated rings. The molecular formula is C14H20ClFO. The second kappa shape index (κ2) is 8.48. The van der Waals surface area contributed by atoms with Crippen molar-refractivity contribution in [1.29, 1.82) is 0 Å². The summed E-state index contributed by atoms with van der Waals surface area (Å²) in [6.07, 6.45) is 3.14. The van der Waals surface area contributed by atoms with E-state index in [-0.39, 0.29) is 11.7 Å². The third-order valence-corrected chi connectivity index (χ3v) is 3.15. The van der Waals surface area contributed by atoms with Crippen LogP contribution in [0.15, 0.2) is 24.3 Å². The lowest BCUT2D eigenvalue weighted by Gasteiger charge is -2.14. The smallest absolute Gasteiger partial charge is 0.123 e. The topological polar surface area (TPSA) is 9.23 Å². The molecule has 1 rings (SSSR count). The maximum atomic E-state index is 12.8. The molecule has 0 aliphatic heterocycles. The van der Waals surface area contributed by atoms with Crippen LogP contribution in [0.4, 0.5) is 4.39 Å². The van der Waals surface area contributed by atoms with Gasteiger partial charge in [0, 0.05) is 19.1 Å². The Hall–Kier alpha value is -0.600. The van der Waals surface area contributed by atoms with Crippen molar-refractivity contribution >= 4 is 11.6 Å². The van der Waals surface area contributed by atoms with Crippen molar-refractivity contribution in [2.75, 3.05) is 19.1 Å². The minimum absolute atomic E-state index is 0.207. The Bertz CT molecular complexity index is 300.